The van der Waals surface area contributed by atoms with Crippen molar-refractivity contribution in [1.82, 2.24) is 10.1 Å². The minimum Gasteiger partial charge on any atom is -0.462 e. The molecule has 0 spiro atoms. The van der Waals surface area contributed by atoms with E-state index < -0.39 is 5.97 Å². The molecule has 0 unspecified atom stereocenters. The van der Waals surface area contributed by atoms with E-state index in [1.54, 1.807) is 20.0 Å². The number of fused-ring (bicyclic) bond motifs is 1. The zero-order valence-electron chi connectivity index (χ0n) is 12.1. The van der Waals surface area contributed by atoms with Gasteiger partial charge in [-0.3, -0.25) is 4.98 Å². The van der Waals surface area contributed by atoms with Crippen LogP contribution in [0.2, 0.25) is 0 Å². The fourth-order valence-corrected chi connectivity index (χ4v) is 2.78. The van der Waals surface area contributed by atoms with Crippen LogP contribution >= 0.6 is 15.9 Å². The van der Waals surface area contributed by atoms with E-state index in [0.29, 0.717) is 23.6 Å². The van der Waals surface area contributed by atoms with Crippen LogP contribution in [0.25, 0.3) is 22.2 Å². The van der Waals surface area contributed by atoms with Gasteiger partial charge >= 0.3 is 5.97 Å². The van der Waals surface area contributed by atoms with Crippen LogP contribution in [0.4, 0.5) is 0 Å². The molecule has 0 aliphatic rings. The predicted octanol–water partition coefficient (Wildman–Crippen LogP) is 4.14. The number of halogens is 1. The highest BCUT2D eigenvalue weighted by Crippen LogP contribution is 2.34. The maximum atomic E-state index is 12.2. The first-order chi connectivity index (χ1) is 10.6. The minimum atomic E-state index is -0.441. The quantitative estimate of drug-likeness (QED) is 0.656. The molecule has 22 heavy (non-hydrogen) atoms. The maximum Gasteiger partial charge on any atom is 0.344 e. The summed E-state index contributed by atoms with van der Waals surface area (Å²) in [6.45, 7) is 3.75. The SMILES string of the molecule is CCOC(=O)c1c(-c2ccc(Br)c3cccnc23)noc1C. The van der Waals surface area contributed by atoms with Crippen molar-refractivity contribution in [2.24, 2.45) is 0 Å². The summed E-state index contributed by atoms with van der Waals surface area (Å²) in [5.41, 5.74) is 2.28. The zero-order valence-corrected chi connectivity index (χ0v) is 13.7. The van der Waals surface area contributed by atoms with Crippen molar-refractivity contribution in [3.8, 4) is 11.3 Å². The molecular weight excluding hydrogens is 348 g/mol. The minimum absolute atomic E-state index is 0.294. The molecule has 0 saturated carbocycles. The van der Waals surface area contributed by atoms with Crippen molar-refractivity contribution in [1.29, 1.82) is 0 Å². The Kier molecular flexibility index (Phi) is 3.94. The number of rotatable bonds is 3. The average Bonchev–Trinajstić information content (AvgIpc) is 2.90. The van der Waals surface area contributed by atoms with E-state index in [-0.39, 0.29) is 0 Å². The van der Waals surface area contributed by atoms with Gasteiger partial charge in [-0.2, -0.15) is 0 Å². The highest BCUT2D eigenvalue weighted by atomic mass is 79.9. The second-order valence-electron chi connectivity index (χ2n) is 4.68. The second kappa shape index (κ2) is 5.88. The third-order valence-corrected chi connectivity index (χ3v) is 4.01. The Labute approximate surface area is 135 Å². The number of esters is 1. The van der Waals surface area contributed by atoms with Crippen molar-refractivity contribution >= 4 is 32.8 Å². The van der Waals surface area contributed by atoms with Crippen molar-refractivity contribution in [3.05, 3.63) is 46.3 Å². The van der Waals surface area contributed by atoms with Gasteiger partial charge in [0.1, 0.15) is 17.0 Å². The van der Waals surface area contributed by atoms with Crippen LogP contribution < -0.4 is 0 Å². The van der Waals surface area contributed by atoms with Gasteiger partial charge in [0, 0.05) is 21.6 Å². The second-order valence-corrected chi connectivity index (χ2v) is 5.53. The molecule has 0 aliphatic heterocycles. The topological polar surface area (TPSA) is 65.2 Å². The summed E-state index contributed by atoms with van der Waals surface area (Å²) in [4.78, 5) is 16.6. The number of nitrogens with zero attached hydrogens (tertiary/aromatic N) is 2. The third-order valence-electron chi connectivity index (χ3n) is 3.31. The van der Waals surface area contributed by atoms with Crippen LogP contribution in [-0.4, -0.2) is 22.7 Å². The summed E-state index contributed by atoms with van der Waals surface area (Å²) < 4.78 is 11.2. The lowest BCUT2D eigenvalue weighted by molar-refractivity contribution is 0.0525. The summed E-state index contributed by atoms with van der Waals surface area (Å²) >= 11 is 3.51. The van der Waals surface area contributed by atoms with Crippen LogP contribution in [0.1, 0.15) is 23.0 Å². The molecule has 0 bridgehead atoms. The van der Waals surface area contributed by atoms with Crippen molar-refractivity contribution in [3.63, 3.8) is 0 Å². The number of pyridine rings is 1. The van der Waals surface area contributed by atoms with E-state index in [1.165, 1.54) is 0 Å². The van der Waals surface area contributed by atoms with Crippen LogP contribution in [0.5, 0.6) is 0 Å². The van der Waals surface area contributed by atoms with Gasteiger partial charge in [-0.15, -0.1) is 0 Å². The van der Waals surface area contributed by atoms with E-state index >= 15 is 0 Å². The highest BCUT2D eigenvalue weighted by molar-refractivity contribution is 9.10. The Morgan fingerprint density at radius 2 is 2.18 bits per heavy atom. The molecule has 2 heterocycles. The smallest absolute Gasteiger partial charge is 0.344 e. The van der Waals surface area contributed by atoms with Gasteiger partial charge in [-0.25, -0.2) is 4.79 Å². The molecule has 3 rings (SSSR count). The lowest BCUT2D eigenvalue weighted by Gasteiger charge is -2.07. The largest absolute Gasteiger partial charge is 0.462 e. The van der Waals surface area contributed by atoms with E-state index in [9.17, 15) is 4.79 Å². The molecule has 0 saturated heterocycles. The lowest BCUT2D eigenvalue weighted by atomic mass is 10.0. The monoisotopic (exact) mass is 360 g/mol. The van der Waals surface area contributed by atoms with Crippen LogP contribution in [0, 0.1) is 6.92 Å². The first-order valence-corrected chi connectivity index (χ1v) is 7.59. The summed E-state index contributed by atoms with van der Waals surface area (Å²) in [5, 5.41) is 4.98. The number of aromatic nitrogens is 2. The molecule has 6 heteroatoms. The first kappa shape index (κ1) is 14.7. The Balaban J connectivity index is 2.25. The fourth-order valence-electron chi connectivity index (χ4n) is 2.33. The zero-order chi connectivity index (χ0) is 15.7. The van der Waals surface area contributed by atoms with Gasteiger partial charge < -0.3 is 9.26 Å². The molecule has 0 atom stereocenters. The third kappa shape index (κ3) is 2.39. The normalized spacial score (nSPS) is 10.9. The number of ether oxygens (including phenoxy) is 1. The Bertz CT molecular complexity index is 858. The van der Waals surface area contributed by atoms with Gasteiger partial charge in [0.15, 0.2) is 0 Å². The first-order valence-electron chi connectivity index (χ1n) is 6.80. The van der Waals surface area contributed by atoms with Gasteiger partial charge in [0.2, 0.25) is 0 Å². The highest BCUT2D eigenvalue weighted by Gasteiger charge is 2.24. The lowest BCUT2D eigenvalue weighted by Crippen LogP contribution is -2.06. The Hall–Kier alpha value is -2.21. The summed E-state index contributed by atoms with van der Waals surface area (Å²) in [7, 11) is 0. The van der Waals surface area contributed by atoms with Crippen molar-refractivity contribution in [2.45, 2.75) is 13.8 Å². The summed E-state index contributed by atoms with van der Waals surface area (Å²) in [5.74, 6) is -0.0105. The molecule has 1 aromatic carbocycles. The van der Waals surface area contributed by atoms with Crippen LogP contribution in [-0.2, 0) is 4.74 Å². The molecule has 0 aliphatic carbocycles. The van der Waals surface area contributed by atoms with E-state index in [2.05, 4.69) is 26.1 Å². The number of carbonyl (C=O) groups is 1. The molecule has 0 amide bonds. The van der Waals surface area contributed by atoms with E-state index in [1.807, 2.05) is 24.3 Å². The number of hydrogen-bond acceptors (Lipinski definition) is 5. The number of benzene rings is 1. The van der Waals surface area contributed by atoms with Gasteiger partial charge in [0.25, 0.3) is 0 Å². The molecule has 5 nitrogen and oxygen atoms in total. The molecule has 3 aromatic rings. The maximum absolute atomic E-state index is 12.2. The predicted molar refractivity (Wildman–Crippen MR) is 85.6 cm³/mol. The van der Waals surface area contributed by atoms with Crippen molar-refractivity contribution in [2.75, 3.05) is 6.61 Å². The Morgan fingerprint density at radius 1 is 1.36 bits per heavy atom. The molecule has 0 fully saturated rings. The summed E-state index contributed by atoms with van der Waals surface area (Å²) in [6.07, 6.45) is 1.70. The fraction of sp³-hybridized carbons (Fsp3) is 0.188. The molecule has 0 N–H and O–H groups in total. The van der Waals surface area contributed by atoms with Gasteiger partial charge in [-0.05, 0) is 32.0 Å². The molecule has 112 valence electrons. The number of aryl methyl sites for hydroxylation is 1. The van der Waals surface area contributed by atoms with Crippen LogP contribution in [0.15, 0.2) is 39.5 Å². The average molecular weight is 361 g/mol. The summed E-state index contributed by atoms with van der Waals surface area (Å²) in [6, 6.07) is 7.57. The Morgan fingerprint density at radius 3 is 2.95 bits per heavy atom. The van der Waals surface area contributed by atoms with Gasteiger partial charge in [-0.1, -0.05) is 27.2 Å². The number of carbonyl (C=O) groups excluding carboxylic acids is 1. The standard InChI is InChI=1S/C16H13BrN2O3/c1-3-21-16(20)13-9(2)22-19-15(13)11-6-7-12(17)10-5-4-8-18-14(10)11/h4-8H,3H2,1-2H3. The van der Waals surface area contributed by atoms with E-state index in [0.717, 1.165) is 20.9 Å². The molecule has 0 radical (unpaired) electrons. The van der Waals surface area contributed by atoms with Crippen molar-refractivity contribution < 1.29 is 14.1 Å². The number of hydrogen-bond donors (Lipinski definition) is 0. The van der Waals surface area contributed by atoms with Crippen LogP contribution in [0.3, 0.4) is 0 Å². The molecular formula is C16H13BrN2O3. The molecule has 2 aromatic heterocycles. The van der Waals surface area contributed by atoms with Gasteiger partial charge in [0.05, 0.1) is 12.1 Å². The van der Waals surface area contributed by atoms with E-state index in [4.69, 9.17) is 9.26 Å².